The summed E-state index contributed by atoms with van der Waals surface area (Å²) in [5, 5.41) is 10.4. The van der Waals surface area contributed by atoms with Gasteiger partial charge in [-0.15, -0.1) is 11.3 Å². The highest BCUT2D eigenvalue weighted by molar-refractivity contribution is 7.13. The van der Waals surface area contributed by atoms with E-state index in [1.165, 1.54) is 38.6 Å². The SMILES string of the molecule is c1csc(NC2CCCC2C2CCCN2)n1. The second-order valence-electron chi connectivity index (χ2n) is 4.89. The first-order valence-electron chi connectivity index (χ1n) is 6.33. The van der Waals surface area contributed by atoms with Gasteiger partial charge < -0.3 is 10.6 Å². The molecule has 0 radical (unpaired) electrons. The van der Waals surface area contributed by atoms with E-state index in [4.69, 9.17) is 0 Å². The van der Waals surface area contributed by atoms with Gasteiger partial charge in [-0.25, -0.2) is 4.98 Å². The summed E-state index contributed by atoms with van der Waals surface area (Å²) >= 11 is 1.71. The molecule has 3 atom stereocenters. The average Bonchev–Trinajstić information content (AvgIpc) is 2.98. The predicted molar refractivity (Wildman–Crippen MR) is 67.9 cm³/mol. The lowest BCUT2D eigenvalue weighted by Crippen LogP contribution is -2.38. The van der Waals surface area contributed by atoms with Gasteiger partial charge in [0.2, 0.25) is 0 Å². The molecule has 4 heteroatoms. The van der Waals surface area contributed by atoms with E-state index in [0.29, 0.717) is 6.04 Å². The fourth-order valence-electron chi connectivity index (χ4n) is 3.18. The molecular weight excluding hydrogens is 218 g/mol. The van der Waals surface area contributed by atoms with Crippen molar-refractivity contribution in [2.45, 2.75) is 44.2 Å². The Kier molecular flexibility index (Phi) is 3.11. The third-order valence-corrected chi connectivity index (χ3v) is 4.63. The summed E-state index contributed by atoms with van der Waals surface area (Å²) in [5.41, 5.74) is 0. The molecule has 1 aliphatic carbocycles. The molecule has 3 unspecified atom stereocenters. The second-order valence-corrected chi connectivity index (χ2v) is 5.78. The minimum absolute atomic E-state index is 0.641. The van der Waals surface area contributed by atoms with Crippen molar-refractivity contribution in [1.82, 2.24) is 10.3 Å². The van der Waals surface area contributed by atoms with Crippen LogP contribution in [0.15, 0.2) is 11.6 Å². The lowest BCUT2D eigenvalue weighted by molar-refractivity contribution is 0.376. The molecule has 88 valence electrons. The topological polar surface area (TPSA) is 37.0 Å². The van der Waals surface area contributed by atoms with Crippen molar-refractivity contribution in [1.29, 1.82) is 0 Å². The smallest absolute Gasteiger partial charge is 0.182 e. The number of nitrogens with one attached hydrogen (secondary N) is 2. The number of hydrogen-bond acceptors (Lipinski definition) is 4. The monoisotopic (exact) mass is 237 g/mol. The molecule has 2 N–H and O–H groups in total. The lowest BCUT2D eigenvalue weighted by Gasteiger charge is -2.26. The maximum Gasteiger partial charge on any atom is 0.182 e. The molecule has 3 nitrogen and oxygen atoms in total. The van der Waals surface area contributed by atoms with Crippen molar-refractivity contribution < 1.29 is 0 Å². The standard InChI is InChI=1S/C12H19N3S/c1-3-9(10-5-2-6-13-10)11(4-1)15-12-14-7-8-16-12/h7-11,13H,1-6H2,(H,14,15). The van der Waals surface area contributed by atoms with Crippen LogP contribution in [-0.2, 0) is 0 Å². The molecule has 0 bridgehead atoms. The molecule has 2 aliphatic rings. The van der Waals surface area contributed by atoms with Gasteiger partial charge in [-0.3, -0.25) is 0 Å². The van der Waals surface area contributed by atoms with Crippen molar-refractivity contribution in [3.05, 3.63) is 11.6 Å². The summed E-state index contributed by atoms with van der Waals surface area (Å²) in [4.78, 5) is 4.33. The predicted octanol–water partition coefficient (Wildman–Crippen LogP) is 2.48. The highest BCUT2D eigenvalue weighted by Gasteiger charge is 2.35. The van der Waals surface area contributed by atoms with Crippen molar-refractivity contribution in [3.63, 3.8) is 0 Å². The Morgan fingerprint density at radius 2 is 2.31 bits per heavy atom. The summed E-state index contributed by atoms with van der Waals surface area (Å²) in [5.74, 6) is 0.811. The maximum atomic E-state index is 4.33. The van der Waals surface area contributed by atoms with E-state index in [0.717, 1.165) is 17.1 Å². The first-order chi connectivity index (χ1) is 7.93. The van der Waals surface area contributed by atoms with Gasteiger partial charge in [-0.1, -0.05) is 6.42 Å². The molecule has 0 amide bonds. The van der Waals surface area contributed by atoms with Gasteiger partial charge >= 0.3 is 0 Å². The van der Waals surface area contributed by atoms with Crippen molar-refractivity contribution >= 4 is 16.5 Å². The summed E-state index contributed by atoms with van der Waals surface area (Å²) in [6.45, 7) is 1.21. The van der Waals surface area contributed by atoms with Crippen LogP contribution >= 0.6 is 11.3 Å². The van der Waals surface area contributed by atoms with E-state index < -0.39 is 0 Å². The van der Waals surface area contributed by atoms with Crippen LogP contribution < -0.4 is 10.6 Å². The van der Waals surface area contributed by atoms with Crippen LogP contribution in [-0.4, -0.2) is 23.6 Å². The molecule has 1 aromatic heterocycles. The van der Waals surface area contributed by atoms with E-state index in [-0.39, 0.29) is 0 Å². The van der Waals surface area contributed by atoms with E-state index in [1.54, 1.807) is 11.3 Å². The number of nitrogens with zero attached hydrogens (tertiary/aromatic N) is 1. The van der Waals surface area contributed by atoms with E-state index in [2.05, 4.69) is 15.6 Å². The quantitative estimate of drug-likeness (QED) is 0.848. The van der Waals surface area contributed by atoms with Gasteiger partial charge in [0.1, 0.15) is 0 Å². The van der Waals surface area contributed by atoms with Crippen LogP contribution in [0.3, 0.4) is 0 Å². The largest absolute Gasteiger partial charge is 0.358 e. The number of hydrogen-bond donors (Lipinski definition) is 2. The summed E-state index contributed by atoms with van der Waals surface area (Å²) < 4.78 is 0. The van der Waals surface area contributed by atoms with Crippen LogP contribution in [0.2, 0.25) is 0 Å². The Labute approximate surface area is 101 Å². The normalized spacial score (nSPS) is 34.4. The Bertz CT molecular complexity index is 319. The number of aromatic nitrogens is 1. The maximum absolute atomic E-state index is 4.33. The number of rotatable bonds is 3. The van der Waals surface area contributed by atoms with Crippen LogP contribution in [0.25, 0.3) is 0 Å². The molecule has 0 aromatic carbocycles. The highest BCUT2D eigenvalue weighted by atomic mass is 32.1. The first kappa shape index (κ1) is 10.5. The van der Waals surface area contributed by atoms with E-state index in [1.807, 2.05) is 11.6 Å². The molecule has 3 rings (SSSR count). The van der Waals surface area contributed by atoms with Crippen molar-refractivity contribution in [2.24, 2.45) is 5.92 Å². The Morgan fingerprint density at radius 1 is 1.31 bits per heavy atom. The lowest BCUT2D eigenvalue weighted by atomic mass is 9.93. The third-order valence-electron chi connectivity index (χ3n) is 3.93. The highest BCUT2D eigenvalue weighted by Crippen LogP contribution is 2.34. The summed E-state index contributed by atoms with van der Waals surface area (Å²) in [6, 6.07) is 1.39. The molecule has 1 saturated heterocycles. The third kappa shape index (κ3) is 2.09. The van der Waals surface area contributed by atoms with Gasteiger partial charge in [0.05, 0.1) is 0 Å². The average molecular weight is 237 g/mol. The first-order valence-corrected chi connectivity index (χ1v) is 7.21. The fraction of sp³-hybridized carbons (Fsp3) is 0.750. The van der Waals surface area contributed by atoms with Crippen LogP contribution in [0.5, 0.6) is 0 Å². The Hall–Kier alpha value is -0.610. The molecule has 2 heterocycles. The van der Waals surface area contributed by atoms with Gasteiger partial charge in [-0.05, 0) is 38.1 Å². The van der Waals surface area contributed by atoms with Crippen LogP contribution in [0.1, 0.15) is 32.1 Å². The number of thiazole rings is 1. The minimum atomic E-state index is 0.641. The zero-order valence-electron chi connectivity index (χ0n) is 9.48. The minimum Gasteiger partial charge on any atom is -0.358 e. The van der Waals surface area contributed by atoms with Gasteiger partial charge in [0.25, 0.3) is 0 Å². The van der Waals surface area contributed by atoms with Crippen molar-refractivity contribution in [2.75, 3.05) is 11.9 Å². The summed E-state index contributed by atoms with van der Waals surface area (Å²) in [6.07, 6.45) is 8.64. The van der Waals surface area contributed by atoms with Gasteiger partial charge in [0, 0.05) is 23.7 Å². The van der Waals surface area contributed by atoms with E-state index >= 15 is 0 Å². The van der Waals surface area contributed by atoms with Crippen molar-refractivity contribution in [3.8, 4) is 0 Å². The number of anilines is 1. The second kappa shape index (κ2) is 4.72. The van der Waals surface area contributed by atoms with Gasteiger partial charge in [0.15, 0.2) is 5.13 Å². The van der Waals surface area contributed by atoms with Gasteiger partial charge in [-0.2, -0.15) is 0 Å². The fourth-order valence-corrected chi connectivity index (χ4v) is 3.77. The van der Waals surface area contributed by atoms with Crippen LogP contribution in [0, 0.1) is 5.92 Å². The zero-order chi connectivity index (χ0) is 10.8. The molecule has 1 aliphatic heterocycles. The Balaban J connectivity index is 1.64. The molecule has 1 saturated carbocycles. The molecule has 16 heavy (non-hydrogen) atoms. The zero-order valence-corrected chi connectivity index (χ0v) is 10.3. The molecule has 2 fully saturated rings. The van der Waals surface area contributed by atoms with E-state index in [9.17, 15) is 0 Å². The molecule has 0 spiro atoms. The Morgan fingerprint density at radius 3 is 3.06 bits per heavy atom. The molecular formula is C12H19N3S. The molecule has 1 aromatic rings. The summed E-state index contributed by atoms with van der Waals surface area (Å²) in [7, 11) is 0. The van der Waals surface area contributed by atoms with Crippen LogP contribution in [0.4, 0.5) is 5.13 Å².